The minimum absolute atomic E-state index is 0.0605. The summed E-state index contributed by atoms with van der Waals surface area (Å²) < 4.78 is 5.54. The van der Waals surface area contributed by atoms with Gasteiger partial charge >= 0.3 is 0 Å². The van der Waals surface area contributed by atoms with Crippen molar-refractivity contribution in [3.8, 4) is 5.75 Å². The lowest BCUT2D eigenvalue weighted by Crippen LogP contribution is -2.38. The van der Waals surface area contributed by atoms with E-state index in [1.165, 1.54) is 0 Å². The van der Waals surface area contributed by atoms with Gasteiger partial charge in [0.15, 0.2) is 0 Å². The average Bonchev–Trinajstić information content (AvgIpc) is 3.29. The Balaban J connectivity index is 1.53. The van der Waals surface area contributed by atoms with Gasteiger partial charge in [0.25, 0.3) is 5.91 Å². The smallest absolute Gasteiger partial charge is 0.252 e. The first-order valence-electron chi connectivity index (χ1n) is 10.3. The van der Waals surface area contributed by atoms with Crippen LogP contribution in [0, 0.1) is 0 Å². The standard InChI is InChI=1S/C23H28ClN3O3/c1-30-21-11-5-3-9-18(21)20(27-14-6-7-15-27)16-26-22(28)12-13-25-23(29)17-8-2-4-10-19(17)24/h2-5,8-11,20H,6-7,12-16H2,1H3,(H,25,29)(H,26,28)/t20-/m1/s1. The summed E-state index contributed by atoms with van der Waals surface area (Å²) in [6.45, 7) is 2.76. The Hall–Kier alpha value is -2.57. The quantitative estimate of drug-likeness (QED) is 0.640. The highest BCUT2D eigenvalue weighted by Crippen LogP contribution is 2.31. The number of nitrogens with zero attached hydrogens (tertiary/aromatic N) is 1. The van der Waals surface area contributed by atoms with Gasteiger partial charge in [-0.1, -0.05) is 41.9 Å². The van der Waals surface area contributed by atoms with Gasteiger partial charge < -0.3 is 15.4 Å². The van der Waals surface area contributed by atoms with Crippen LogP contribution in [0.4, 0.5) is 0 Å². The maximum absolute atomic E-state index is 12.4. The fourth-order valence-corrected chi connectivity index (χ4v) is 3.98. The van der Waals surface area contributed by atoms with Crippen molar-refractivity contribution in [2.45, 2.75) is 25.3 Å². The molecule has 7 heteroatoms. The first-order chi connectivity index (χ1) is 14.6. The number of methoxy groups -OCH3 is 1. The Morgan fingerprint density at radius 2 is 1.77 bits per heavy atom. The zero-order valence-electron chi connectivity index (χ0n) is 17.2. The number of para-hydroxylation sites is 1. The summed E-state index contributed by atoms with van der Waals surface area (Å²) in [6, 6.07) is 14.9. The van der Waals surface area contributed by atoms with Crippen LogP contribution in [0.2, 0.25) is 5.02 Å². The van der Waals surface area contributed by atoms with Crippen molar-refractivity contribution in [1.29, 1.82) is 0 Å². The van der Waals surface area contributed by atoms with Crippen molar-refractivity contribution in [3.05, 3.63) is 64.7 Å². The molecule has 1 heterocycles. The Morgan fingerprint density at radius 3 is 2.50 bits per heavy atom. The van der Waals surface area contributed by atoms with Crippen molar-refractivity contribution < 1.29 is 14.3 Å². The van der Waals surface area contributed by atoms with Gasteiger partial charge in [0.05, 0.1) is 23.7 Å². The third-order valence-electron chi connectivity index (χ3n) is 5.33. The van der Waals surface area contributed by atoms with Crippen LogP contribution >= 0.6 is 11.6 Å². The third kappa shape index (κ3) is 5.74. The Labute approximate surface area is 182 Å². The normalized spacial score (nSPS) is 14.9. The van der Waals surface area contributed by atoms with Crippen molar-refractivity contribution in [2.75, 3.05) is 33.3 Å². The summed E-state index contributed by atoms with van der Waals surface area (Å²) >= 11 is 6.04. The molecule has 1 aliphatic heterocycles. The van der Waals surface area contributed by atoms with E-state index >= 15 is 0 Å². The first-order valence-corrected chi connectivity index (χ1v) is 10.6. The SMILES string of the molecule is COc1ccccc1[C@@H](CNC(=O)CCNC(=O)c1ccccc1Cl)N1CCCC1. The monoisotopic (exact) mass is 429 g/mol. The maximum atomic E-state index is 12.4. The molecule has 0 saturated carbocycles. The molecule has 6 nitrogen and oxygen atoms in total. The van der Waals surface area contributed by atoms with Crippen LogP contribution in [0.1, 0.15) is 41.2 Å². The Bertz CT molecular complexity index is 868. The van der Waals surface area contributed by atoms with Crippen LogP contribution in [0.25, 0.3) is 0 Å². The van der Waals surface area contributed by atoms with Crippen LogP contribution in [0.3, 0.4) is 0 Å². The van der Waals surface area contributed by atoms with Gasteiger partial charge in [-0.25, -0.2) is 0 Å². The number of ether oxygens (including phenoxy) is 1. The summed E-state index contributed by atoms with van der Waals surface area (Å²) in [5, 5.41) is 6.16. The molecule has 0 radical (unpaired) electrons. The number of hydrogen-bond acceptors (Lipinski definition) is 4. The molecule has 2 aromatic rings. The van der Waals surface area contributed by atoms with Gasteiger partial charge in [0, 0.05) is 25.1 Å². The minimum Gasteiger partial charge on any atom is -0.496 e. The predicted molar refractivity (Wildman–Crippen MR) is 118 cm³/mol. The number of benzene rings is 2. The number of hydrogen-bond donors (Lipinski definition) is 2. The number of amides is 2. The Morgan fingerprint density at radius 1 is 1.07 bits per heavy atom. The zero-order valence-corrected chi connectivity index (χ0v) is 18.0. The molecule has 0 unspecified atom stereocenters. The van der Waals surface area contributed by atoms with Crippen LogP contribution in [0.5, 0.6) is 5.75 Å². The lowest BCUT2D eigenvalue weighted by molar-refractivity contribution is -0.121. The molecule has 2 N–H and O–H groups in total. The van der Waals surface area contributed by atoms with E-state index in [4.69, 9.17) is 16.3 Å². The highest BCUT2D eigenvalue weighted by molar-refractivity contribution is 6.33. The largest absolute Gasteiger partial charge is 0.496 e. The number of rotatable bonds is 9. The first kappa shape index (κ1) is 22.1. The van der Waals surface area contributed by atoms with Gasteiger partial charge in [-0.15, -0.1) is 0 Å². The van der Waals surface area contributed by atoms with Gasteiger partial charge in [-0.2, -0.15) is 0 Å². The molecule has 1 saturated heterocycles. The molecule has 1 aliphatic rings. The summed E-state index contributed by atoms with van der Waals surface area (Å²) in [7, 11) is 1.67. The van der Waals surface area contributed by atoms with E-state index in [1.54, 1.807) is 31.4 Å². The van der Waals surface area contributed by atoms with Gasteiger partial charge in [-0.3, -0.25) is 14.5 Å². The summed E-state index contributed by atoms with van der Waals surface area (Å²) in [5.74, 6) is 0.446. The van der Waals surface area contributed by atoms with E-state index in [2.05, 4.69) is 21.6 Å². The third-order valence-corrected chi connectivity index (χ3v) is 5.66. The van der Waals surface area contributed by atoms with E-state index in [1.807, 2.05) is 18.2 Å². The van der Waals surface area contributed by atoms with Crippen LogP contribution < -0.4 is 15.4 Å². The molecule has 0 spiro atoms. The van der Waals surface area contributed by atoms with Gasteiger partial charge in [0.1, 0.15) is 5.75 Å². The topological polar surface area (TPSA) is 70.7 Å². The number of nitrogens with one attached hydrogen (secondary N) is 2. The molecule has 2 aromatic carbocycles. The summed E-state index contributed by atoms with van der Waals surface area (Å²) in [5.41, 5.74) is 1.49. The molecular formula is C23H28ClN3O3. The summed E-state index contributed by atoms with van der Waals surface area (Å²) in [6.07, 6.45) is 2.52. The molecule has 1 atom stereocenters. The molecule has 0 bridgehead atoms. The van der Waals surface area contributed by atoms with E-state index in [0.29, 0.717) is 17.1 Å². The molecule has 30 heavy (non-hydrogen) atoms. The fraction of sp³-hybridized carbons (Fsp3) is 0.391. The van der Waals surface area contributed by atoms with Crippen LogP contribution in [-0.4, -0.2) is 50.0 Å². The predicted octanol–water partition coefficient (Wildman–Crippen LogP) is 3.42. The lowest BCUT2D eigenvalue weighted by atomic mass is 10.0. The fourth-order valence-electron chi connectivity index (χ4n) is 3.76. The van der Waals surface area contributed by atoms with Crippen LogP contribution in [0.15, 0.2) is 48.5 Å². The van der Waals surface area contributed by atoms with E-state index in [9.17, 15) is 9.59 Å². The maximum Gasteiger partial charge on any atom is 0.252 e. The molecule has 0 aliphatic carbocycles. The number of carbonyl (C=O) groups is 2. The highest BCUT2D eigenvalue weighted by atomic mass is 35.5. The minimum atomic E-state index is -0.280. The van der Waals surface area contributed by atoms with Gasteiger partial charge in [-0.05, 0) is 44.1 Å². The average molecular weight is 430 g/mol. The van der Waals surface area contributed by atoms with Crippen LogP contribution in [-0.2, 0) is 4.79 Å². The molecule has 1 fully saturated rings. The molecular weight excluding hydrogens is 402 g/mol. The number of carbonyl (C=O) groups excluding carboxylic acids is 2. The number of halogens is 1. The van der Waals surface area contributed by atoms with E-state index in [0.717, 1.165) is 37.2 Å². The molecule has 0 aromatic heterocycles. The number of likely N-dealkylation sites (tertiary alicyclic amines) is 1. The summed E-state index contributed by atoms with van der Waals surface area (Å²) in [4.78, 5) is 27.0. The van der Waals surface area contributed by atoms with Crippen molar-refractivity contribution >= 4 is 23.4 Å². The molecule has 3 rings (SSSR count). The molecule has 160 valence electrons. The second-order valence-corrected chi connectivity index (χ2v) is 7.70. The highest BCUT2D eigenvalue weighted by Gasteiger charge is 2.26. The lowest BCUT2D eigenvalue weighted by Gasteiger charge is -2.29. The van der Waals surface area contributed by atoms with Gasteiger partial charge in [0.2, 0.25) is 5.91 Å². The molecule has 2 amide bonds. The zero-order chi connectivity index (χ0) is 21.3. The van der Waals surface area contributed by atoms with Crippen molar-refractivity contribution in [3.63, 3.8) is 0 Å². The second kappa shape index (κ2) is 11.0. The second-order valence-electron chi connectivity index (χ2n) is 7.29. The van der Waals surface area contributed by atoms with E-state index in [-0.39, 0.29) is 30.8 Å². The van der Waals surface area contributed by atoms with Crippen molar-refractivity contribution in [2.24, 2.45) is 0 Å². The Kier molecular flexibility index (Phi) is 8.11. The van der Waals surface area contributed by atoms with Crippen molar-refractivity contribution in [1.82, 2.24) is 15.5 Å². The van der Waals surface area contributed by atoms with E-state index < -0.39 is 0 Å².